The number of carbonyl (C=O) groups is 3. The highest BCUT2D eigenvalue weighted by molar-refractivity contribution is 5.85. The van der Waals surface area contributed by atoms with Gasteiger partial charge in [-0.3, -0.25) is 14.4 Å². The van der Waals surface area contributed by atoms with Gasteiger partial charge in [0.1, 0.15) is 6.54 Å². The Bertz CT molecular complexity index is 609. The maximum atomic E-state index is 11.9. The molecule has 0 heterocycles. The Kier molecular flexibility index (Phi) is 7.44. The van der Waals surface area contributed by atoms with Crippen LogP contribution in [-0.2, 0) is 25.7 Å². The third-order valence-corrected chi connectivity index (χ3v) is 4.48. The molecule has 0 radical (unpaired) electrons. The van der Waals surface area contributed by atoms with E-state index in [0.29, 0.717) is 6.54 Å². The summed E-state index contributed by atoms with van der Waals surface area (Å²) in [7, 11) is 0. The van der Waals surface area contributed by atoms with Crippen LogP contribution in [0.25, 0.3) is 0 Å². The third kappa shape index (κ3) is 6.57. The van der Waals surface area contributed by atoms with Gasteiger partial charge in [-0.25, -0.2) is 0 Å². The lowest BCUT2D eigenvalue weighted by Gasteiger charge is -2.20. The van der Waals surface area contributed by atoms with Crippen LogP contribution in [-0.4, -0.2) is 30.9 Å². The molecule has 6 heteroatoms. The molecule has 0 aromatic heterocycles. The maximum absolute atomic E-state index is 11.9. The minimum Gasteiger partial charge on any atom is -0.454 e. The highest BCUT2D eigenvalue weighted by Gasteiger charge is 2.21. The van der Waals surface area contributed by atoms with Gasteiger partial charge in [0.15, 0.2) is 6.61 Å². The number of carbonyl (C=O) groups excluding carboxylic acids is 3. The fraction of sp³-hybridized carbons (Fsp3) is 0.526. The second-order valence-electron chi connectivity index (χ2n) is 6.42. The van der Waals surface area contributed by atoms with Gasteiger partial charge in [0.25, 0.3) is 5.91 Å². The molecule has 136 valence electrons. The highest BCUT2D eigenvalue weighted by Crippen LogP contribution is 2.23. The van der Waals surface area contributed by atoms with Crippen LogP contribution >= 0.6 is 0 Å². The van der Waals surface area contributed by atoms with Gasteiger partial charge < -0.3 is 15.4 Å². The molecule has 2 amide bonds. The molecule has 1 saturated carbocycles. The molecule has 0 saturated heterocycles. The molecule has 0 bridgehead atoms. The smallest absolute Gasteiger partial charge is 0.325 e. The standard InChI is InChI=1S/C19H26N2O4/c1-14-7-5-6-10-16(14)11-20-17(22)13-25-18(23)12-21-19(24)15-8-3-2-4-9-15/h5-7,10,15H,2-4,8-9,11-13H2,1H3,(H,20,22)(H,21,24). The van der Waals surface area contributed by atoms with E-state index in [0.717, 1.165) is 36.8 Å². The van der Waals surface area contributed by atoms with Crippen molar-refractivity contribution in [2.75, 3.05) is 13.2 Å². The molecule has 0 unspecified atom stereocenters. The van der Waals surface area contributed by atoms with Crippen molar-refractivity contribution >= 4 is 17.8 Å². The molecule has 0 atom stereocenters. The summed E-state index contributed by atoms with van der Waals surface area (Å²) in [5.41, 5.74) is 2.10. The molecule has 1 aliphatic rings. The molecule has 6 nitrogen and oxygen atoms in total. The summed E-state index contributed by atoms with van der Waals surface area (Å²) < 4.78 is 4.89. The number of ether oxygens (including phenoxy) is 1. The maximum Gasteiger partial charge on any atom is 0.325 e. The van der Waals surface area contributed by atoms with Crippen LogP contribution in [0.2, 0.25) is 0 Å². The Morgan fingerprint density at radius 1 is 1.08 bits per heavy atom. The van der Waals surface area contributed by atoms with Gasteiger partial charge in [0.05, 0.1) is 0 Å². The number of aryl methyl sites for hydroxylation is 1. The van der Waals surface area contributed by atoms with Gasteiger partial charge in [-0.05, 0) is 30.9 Å². The van der Waals surface area contributed by atoms with E-state index < -0.39 is 5.97 Å². The predicted octanol–water partition coefficient (Wildman–Crippen LogP) is 1.85. The van der Waals surface area contributed by atoms with Crippen LogP contribution in [0, 0.1) is 12.8 Å². The van der Waals surface area contributed by atoms with Crippen molar-refractivity contribution in [1.29, 1.82) is 0 Å². The first kappa shape index (κ1) is 19.0. The van der Waals surface area contributed by atoms with Gasteiger partial charge in [-0.1, -0.05) is 43.5 Å². The van der Waals surface area contributed by atoms with Crippen molar-refractivity contribution in [3.8, 4) is 0 Å². The molecule has 1 aromatic carbocycles. The van der Waals surface area contributed by atoms with E-state index in [1.165, 1.54) is 6.42 Å². The fourth-order valence-electron chi connectivity index (χ4n) is 2.92. The molecule has 1 fully saturated rings. The van der Waals surface area contributed by atoms with Crippen molar-refractivity contribution in [3.63, 3.8) is 0 Å². The van der Waals surface area contributed by atoms with E-state index in [2.05, 4.69) is 10.6 Å². The molecule has 2 N–H and O–H groups in total. The Labute approximate surface area is 148 Å². The molecule has 0 spiro atoms. The number of hydrogen-bond acceptors (Lipinski definition) is 4. The van der Waals surface area contributed by atoms with Gasteiger partial charge >= 0.3 is 5.97 Å². The van der Waals surface area contributed by atoms with Crippen LogP contribution in [0.15, 0.2) is 24.3 Å². The number of nitrogens with one attached hydrogen (secondary N) is 2. The van der Waals surface area contributed by atoms with Gasteiger partial charge in [-0.2, -0.15) is 0 Å². The number of benzene rings is 1. The normalized spacial score (nSPS) is 14.6. The summed E-state index contributed by atoms with van der Waals surface area (Å²) >= 11 is 0. The van der Waals surface area contributed by atoms with Crippen LogP contribution in [0.1, 0.15) is 43.2 Å². The topological polar surface area (TPSA) is 84.5 Å². The van der Waals surface area contributed by atoms with E-state index in [9.17, 15) is 14.4 Å². The number of amides is 2. The minimum atomic E-state index is -0.602. The van der Waals surface area contributed by atoms with Crippen molar-refractivity contribution in [2.24, 2.45) is 5.92 Å². The number of hydrogen-bond donors (Lipinski definition) is 2. The molecule has 1 aliphatic carbocycles. The average molecular weight is 346 g/mol. The predicted molar refractivity (Wildman–Crippen MR) is 93.6 cm³/mol. The first-order valence-corrected chi connectivity index (χ1v) is 8.81. The summed E-state index contributed by atoms with van der Waals surface area (Å²) in [5, 5.41) is 5.30. The lowest BCUT2D eigenvalue weighted by Crippen LogP contribution is -2.37. The van der Waals surface area contributed by atoms with Crippen molar-refractivity contribution in [3.05, 3.63) is 35.4 Å². The van der Waals surface area contributed by atoms with Crippen LogP contribution < -0.4 is 10.6 Å². The Hall–Kier alpha value is -2.37. The van der Waals surface area contributed by atoms with Crippen LogP contribution in [0.5, 0.6) is 0 Å². The van der Waals surface area contributed by atoms with Gasteiger partial charge in [0, 0.05) is 12.5 Å². The number of esters is 1. The number of rotatable bonds is 7. The molecule has 25 heavy (non-hydrogen) atoms. The average Bonchev–Trinajstić information content (AvgIpc) is 2.64. The second kappa shape index (κ2) is 9.81. The molecule has 2 rings (SSSR count). The molecular weight excluding hydrogens is 320 g/mol. The summed E-state index contributed by atoms with van der Waals surface area (Å²) in [6.45, 7) is 1.82. The SMILES string of the molecule is Cc1ccccc1CNC(=O)COC(=O)CNC(=O)C1CCCCC1. The van der Waals surface area contributed by atoms with Gasteiger partial charge in [0.2, 0.25) is 5.91 Å². The first-order valence-electron chi connectivity index (χ1n) is 8.81. The van der Waals surface area contributed by atoms with Crippen molar-refractivity contribution in [2.45, 2.75) is 45.6 Å². The van der Waals surface area contributed by atoms with Crippen molar-refractivity contribution < 1.29 is 19.1 Å². The fourth-order valence-corrected chi connectivity index (χ4v) is 2.92. The monoisotopic (exact) mass is 346 g/mol. The zero-order valence-corrected chi connectivity index (χ0v) is 14.7. The van der Waals surface area contributed by atoms with E-state index in [1.54, 1.807) is 0 Å². The van der Waals surface area contributed by atoms with E-state index in [-0.39, 0.29) is 30.9 Å². The molecular formula is C19H26N2O4. The van der Waals surface area contributed by atoms with Gasteiger partial charge in [-0.15, -0.1) is 0 Å². The third-order valence-electron chi connectivity index (χ3n) is 4.48. The zero-order chi connectivity index (χ0) is 18.1. The zero-order valence-electron chi connectivity index (χ0n) is 14.7. The minimum absolute atomic E-state index is 0.000962. The molecule has 0 aliphatic heterocycles. The summed E-state index contributed by atoms with van der Waals surface area (Å²) in [6, 6.07) is 7.74. The van der Waals surface area contributed by atoms with E-state index >= 15 is 0 Å². The van der Waals surface area contributed by atoms with E-state index in [1.807, 2.05) is 31.2 Å². The Balaban J connectivity index is 1.61. The molecule has 1 aromatic rings. The first-order chi connectivity index (χ1) is 12.1. The second-order valence-corrected chi connectivity index (χ2v) is 6.42. The Morgan fingerprint density at radius 2 is 1.80 bits per heavy atom. The highest BCUT2D eigenvalue weighted by atomic mass is 16.5. The largest absolute Gasteiger partial charge is 0.454 e. The quantitative estimate of drug-likeness (QED) is 0.738. The summed E-state index contributed by atoms with van der Waals surface area (Å²) in [4.78, 5) is 35.3. The summed E-state index contributed by atoms with van der Waals surface area (Å²) in [6.07, 6.45) is 5.04. The van der Waals surface area contributed by atoms with Crippen molar-refractivity contribution in [1.82, 2.24) is 10.6 Å². The lowest BCUT2D eigenvalue weighted by atomic mass is 9.89. The summed E-state index contributed by atoms with van der Waals surface area (Å²) in [5.74, 6) is -1.06. The van der Waals surface area contributed by atoms with Crippen LogP contribution in [0.3, 0.4) is 0 Å². The lowest BCUT2D eigenvalue weighted by molar-refractivity contribution is -0.148. The Morgan fingerprint density at radius 3 is 2.52 bits per heavy atom. The van der Waals surface area contributed by atoms with Crippen LogP contribution in [0.4, 0.5) is 0 Å². The van der Waals surface area contributed by atoms with E-state index in [4.69, 9.17) is 4.74 Å².